The lowest BCUT2D eigenvalue weighted by atomic mass is 10.1. The molecule has 29 heavy (non-hydrogen) atoms. The summed E-state index contributed by atoms with van der Waals surface area (Å²) in [4.78, 5) is 28.7. The van der Waals surface area contributed by atoms with Crippen LogP contribution < -0.4 is 5.32 Å². The van der Waals surface area contributed by atoms with E-state index in [0.29, 0.717) is 44.8 Å². The smallest absolute Gasteiger partial charge is 0.253 e. The lowest BCUT2D eigenvalue weighted by Gasteiger charge is -2.34. The highest BCUT2D eigenvalue weighted by Gasteiger charge is 2.23. The molecule has 1 saturated heterocycles. The zero-order valence-corrected chi connectivity index (χ0v) is 18.8. The molecule has 2 amide bonds. The summed E-state index contributed by atoms with van der Waals surface area (Å²) >= 11 is 3.55. The van der Waals surface area contributed by atoms with Crippen LogP contribution in [0.4, 0.5) is 0 Å². The van der Waals surface area contributed by atoms with E-state index in [9.17, 15) is 9.59 Å². The molecule has 0 aliphatic carbocycles. The number of aromatic nitrogens is 2. The highest BCUT2D eigenvalue weighted by Crippen LogP contribution is 2.23. The number of hydrogen-bond acceptors (Lipinski definition) is 4. The SMILES string of the molecule is CCCNC(=O)CN1CCN(C(=O)c2ccc(-n3nc(C)c(Br)c3C)cc2)CC1. The van der Waals surface area contributed by atoms with Gasteiger partial charge in [0.05, 0.1) is 28.1 Å². The minimum atomic E-state index is 0.0289. The van der Waals surface area contributed by atoms with E-state index in [1.165, 1.54) is 0 Å². The maximum absolute atomic E-state index is 12.8. The van der Waals surface area contributed by atoms with Gasteiger partial charge in [-0.1, -0.05) is 6.92 Å². The van der Waals surface area contributed by atoms with Crippen LogP contribution in [0.25, 0.3) is 5.69 Å². The Kier molecular flexibility index (Phi) is 7.08. The molecular formula is C21H28BrN5O2. The Labute approximate surface area is 180 Å². The van der Waals surface area contributed by atoms with Crippen molar-refractivity contribution in [2.45, 2.75) is 27.2 Å². The minimum Gasteiger partial charge on any atom is -0.355 e. The lowest BCUT2D eigenvalue weighted by molar-refractivity contribution is -0.122. The largest absolute Gasteiger partial charge is 0.355 e. The molecule has 2 aromatic rings. The quantitative estimate of drug-likeness (QED) is 0.717. The van der Waals surface area contributed by atoms with Gasteiger partial charge in [-0.3, -0.25) is 14.5 Å². The number of hydrogen-bond donors (Lipinski definition) is 1. The Hall–Kier alpha value is -2.19. The molecule has 0 radical (unpaired) electrons. The van der Waals surface area contributed by atoms with E-state index in [1.807, 2.05) is 54.6 Å². The van der Waals surface area contributed by atoms with Crippen LogP contribution in [0, 0.1) is 13.8 Å². The Morgan fingerprint density at radius 3 is 2.31 bits per heavy atom. The number of benzene rings is 1. The van der Waals surface area contributed by atoms with Gasteiger partial charge in [0.25, 0.3) is 5.91 Å². The van der Waals surface area contributed by atoms with Gasteiger partial charge < -0.3 is 10.2 Å². The highest BCUT2D eigenvalue weighted by atomic mass is 79.9. The van der Waals surface area contributed by atoms with E-state index in [0.717, 1.165) is 28.0 Å². The molecule has 156 valence electrons. The fourth-order valence-corrected chi connectivity index (χ4v) is 3.68. The number of carbonyl (C=O) groups is 2. The number of amides is 2. The van der Waals surface area contributed by atoms with Crippen LogP contribution in [0.2, 0.25) is 0 Å². The lowest BCUT2D eigenvalue weighted by Crippen LogP contribution is -2.51. The third-order valence-corrected chi connectivity index (χ3v) is 6.31. The van der Waals surface area contributed by atoms with Crippen molar-refractivity contribution in [3.63, 3.8) is 0 Å². The third kappa shape index (κ3) is 5.05. The van der Waals surface area contributed by atoms with Crippen LogP contribution in [0.1, 0.15) is 35.1 Å². The van der Waals surface area contributed by atoms with Crippen LogP contribution in [0.3, 0.4) is 0 Å². The Bertz CT molecular complexity index is 870. The molecule has 8 heteroatoms. The molecule has 1 aromatic heterocycles. The number of nitrogens with one attached hydrogen (secondary N) is 1. The molecule has 1 fully saturated rings. The van der Waals surface area contributed by atoms with Gasteiger partial charge in [-0.15, -0.1) is 0 Å². The molecule has 1 aromatic carbocycles. The van der Waals surface area contributed by atoms with Gasteiger partial charge in [0.1, 0.15) is 0 Å². The van der Waals surface area contributed by atoms with Gasteiger partial charge in [0.15, 0.2) is 0 Å². The van der Waals surface area contributed by atoms with E-state index >= 15 is 0 Å². The second-order valence-electron chi connectivity index (χ2n) is 7.36. The number of halogens is 1. The van der Waals surface area contributed by atoms with Gasteiger partial charge in [-0.25, -0.2) is 4.68 Å². The number of piperazine rings is 1. The van der Waals surface area contributed by atoms with Crippen molar-refractivity contribution in [2.24, 2.45) is 0 Å². The summed E-state index contributed by atoms with van der Waals surface area (Å²) in [5, 5.41) is 7.43. The fraction of sp³-hybridized carbons (Fsp3) is 0.476. The van der Waals surface area contributed by atoms with E-state index in [4.69, 9.17) is 0 Å². The summed E-state index contributed by atoms with van der Waals surface area (Å²) in [5.41, 5.74) is 3.56. The van der Waals surface area contributed by atoms with Crippen molar-refractivity contribution >= 4 is 27.7 Å². The van der Waals surface area contributed by atoms with Gasteiger partial charge in [0, 0.05) is 38.3 Å². The first kappa shape index (κ1) is 21.5. The fourth-order valence-electron chi connectivity index (χ4n) is 3.44. The van der Waals surface area contributed by atoms with Crippen molar-refractivity contribution in [1.29, 1.82) is 0 Å². The summed E-state index contributed by atoms with van der Waals surface area (Å²) in [7, 11) is 0. The van der Waals surface area contributed by atoms with Crippen molar-refractivity contribution < 1.29 is 9.59 Å². The molecule has 7 nitrogen and oxygen atoms in total. The molecule has 0 unspecified atom stereocenters. The third-order valence-electron chi connectivity index (χ3n) is 5.16. The standard InChI is InChI=1S/C21H28BrN5O2/c1-4-9-23-19(28)14-25-10-12-26(13-11-25)21(29)17-5-7-18(8-6-17)27-16(3)20(22)15(2)24-27/h5-8H,4,9-14H2,1-3H3,(H,23,28). The van der Waals surface area contributed by atoms with Crippen LogP contribution >= 0.6 is 15.9 Å². The van der Waals surface area contributed by atoms with Crippen molar-refractivity contribution in [3.8, 4) is 5.69 Å². The Morgan fingerprint density at radius 1 is 1.10 bits per heavy atom. The summed E-state index contributed by atoms with van der Waals surface area (Å²) in [6, 6.07) is 7.56. The van der Waals surface area contributed by atoms with E-state index in [2.05, 4.69) is 31.2 Å². The highest BCUT2D eigenvalue weighted by molar-refractivity contribution is 9.10. The second-order valence-corrected chi connectivity index (χ2v) is 8.15. The van der Waals surface area contributed by atoms with E-state index in [1.54, 1.807) is 0 Å². The number of nitrogens with zero attached hydrogens (tertiary/aromatic N) is 4. The minimum absolute atomic E-state index is 0.0289. The van der Waals surface area contributed by atoms with Gasteiger partial charge in [-0.2, -0.15) is 5.10 Å². The summed E-state index contributed by atoms with van der Waals surface area (Å²) in [6.45, 7) is 9.79. The number of rotatable bonds is 6. The summed E-state index contributed by atoms with van der Waals surface area (Å²) in [6.07, 6.45) is 0.934. The summed E-state index contributed by atoms with van der Waals surface area (Å²) < 4.78 is 2.87. The molecule has 0 spiro atoms. The van der Waals surface area contributed by atoms with Crippen molar-refractivity contribution in [2.75, 3.05) is 39.3 Å². The van der Waals surface area contributed by atoms with Gasteiger partial charge in [0.2, 0.25) is 5.91 Å². The molecule has 0 bridgehead atoms. The second kappa shape index (κ2) is 9.54. The number of carbonyl (C=O) groups excluding carboxylic acids is 2. The normalized spacial score (nSPS) is 14.8. The Morgan fingerprint density at radius 2 is 1.76 bits per heavy atom. The zero-order chi connectivity index (χ0) is 21.0. The van der Waals surface area contributed by atoms with Gasteiger partial charge >= 0.3 is 0 Å². The van der Waals surface area contributed by atoms with Crippen molar-refractivity contribution in [3.05, 3.63) is 45.7 Å². The predicted octanol–water partition coefficient (Wildman–Crippen LogP) is 2.54. The average Bonchev–Trinajstić information content (AvgIpc) is 2.99. The monoisotopic (exact) mass is 461 g/mol. The average molecular weight is 462 g/mol. The van der Waals surface area contributed by atoms with Gasteiger partial charge in [-0.05, 0) is 60.5 Å². The number of aryl methyl sites for hydroxylation is 1. The van der Waals surface area contributed by atoms with E-state index in [-0.39, 0.29) is 11.8 Å². The molecule has 1 aliphatic heterocycles. The summed E-state index contributed by atoms with van der Waals surface area (Å²) in [5.74, 6) is 0.0826. The van der Waals surface area contributed by atoms with Crippen LogP contribution in [-0.4, -0.2) is 70.7 Å². The first-order valence-electron chi connectivity index (χ1n) is 10.0. The van der Waals surface area contributed by atoms with E-state index < -0.39 is 0 Å². The van der Waals surface area contributed by atoms with Crippen LogP contribution in [0.15, 0.2) is 28.7 Å². The Balaban J connectivity index is 1.57. The first-order chi connectivity index (χ1) is 13.9. The molecular weight excluding hydrogens is 434 g/mol. The molecule has 2 heterocycles. The molecule has 0 atom stereocenters. The van der Waals surface area contributed by atoms with Crippen LogP contribution in [0.5, 0.6) is 0 Å². The maximum atomic E-state index is 12.8. The molecule has 3 rings (SSSR count). The molecule has 0 saturated carbocycles. The van der Waals surface area contributed by atoms with Crippen molar-refractivity contribution in [1.82, 2.24) is 24.9 Å². The predicted molar refractivity (Wildman–Crippen MR) is 116 cm³/mol. The maximum Gasteiger partial charge on any atom is 0.253 e. The first-order valence-corrected chi connectivity index (χ1v) is 10.8. The molecule has 1 N–H and O–H groups in total. The topological polar surface area (TPSA) is 70.5 Å². The zero-order valence-electron chi connectivity index (χ0n) is 17.2. The molecule has 1 aliphatic rings. The van der Waals surface area contributed by atoms with Crippen LogP contribution in [-0.2, 0) is 4.79 Å².